The number of nitrogens with one attached hydrogen (secondary N) is 1. The molecule has 0 radical (unpaired) electrons. The average Bonchev–Trinajstić information content (AvgIpc) is 3.03. The van der Waals surface area contributed by atoms with Gasteiger partial charge in [0.1, 0.15) is 30.8 Å². The molecule has 1 atom stereocenters. The van der Waals surface area contributed by atoms with Crippen molar-refractivity contribution in [3.05, 3.63) is 64.6 Å². The smallest absolute Gasteiger partial charge is 0.290 e. The number of carbonyl (C=O) groups is 2. The number of aryl methyl sites for hydroxylation is 1. The number of imide groups is 1. The van der Waals surface area contributed by atoms with Gasteiger partial charge >= 0.3 is 0 Å². The lowest BCUT2D eigenvalue weighted by Gasteiger charge is -2.15. The summed E-state index contributed by atoms with van der Waals surface area (Å²) in [5, 5.41) is 12.0. The van der Waals surface area contributed by atoms with Gasteiger partial charge in [0, 0.05) is 0 Å². The maximum Gasteiger partial charge on any atom is 0.290 e. The van der Waals surface area contributed by atoms with Crippen LogP contribution in [-0.2, 0) is 11.2 Å². The fourth-order valence-electron chi connectivity index (χ4n) is 2.78. The van der Waals surface area contributed by atoms with E-state index in [1.54, 1.807) is 30.3 Å². The molecule has 0 bridgehead atoms. The number of hydrogen-bond acceptors (Lipinski definition) is 6. The first-order valence-electron chi connectivity index (χ1n) is 9.41. The minimum atomic E-state index is -0.768. The van der Waals surface area contributed by atoms with Gasteiger partial charge in [-0.1, -0.05) is 43.7 Å². The van der Waals surface area contributed by atoms with Gasteiger partial charge < -0.3 is 14.6 Å². The van der Waals surface area contributed by atoms with Gasteiger partial charge in [-0.25, -0.2) is 0 Å². The highest BCUT2D eigenvalue weighted by molar-refractivity contribution is 8.18. The Balaban J connectivity index is 1.48. The number of rotatable bonds is 9. The van der Waals surface area contributed by atoms with Crippen molar-refractivity contribution >= 4 is 29.0 Å². The van der Waals surface area contributed by atoms with Crippen molar-refractivity contribution in [2.24, 2.45) is 0 Å². The van der Waals surface area contributed by atoms with Crippen LogP contribution >= 0.6 is 11.8 Å². The predicted molar refractivity (Wildman–Crippen MR) is 113 cm³/mol. The summed E-state index contributed by atoms with van der Waals surface area (Å²) in [5.41, 5.74) is 1.91. The molecular weight excluding hydrogens is 390 g/mol. The van der Waals surface area contributed by atoms with E-state index < -0.39 is 6.10 Å². The van der Waals surface area contributed by atoms with Gasteiger partial charge in [0.25, 0.3) is 11.1 Å². The van der Waals surface area contributed by atoms with Gasteiger partial charge in [-0.05, 0) is 53.6 Å². The summed E-state index contributed by atoms with van der Waals surface area (Å²) in [6.07, 6.45) is 2.83. The maximum atomic E-state index is 11.6. The summed E-state index contributed by atoms with van der Waals surface area (Å²) in [4.78, 5) is 23.1. The van der Waals surface area contributed by atoms with Crippen LogP contribution in [0.1, 0.15) is 24.5 Å². The van der Waals surface area contributed by atoms with Crippen LogP contribution in [0.15, 0.2) is 53.4 Å². The molecule has 1 heterocycles. The van der Waals surface area contributed by atoms with Crippen LogP contribution in [0.25, 0.3) is 6.08 Å². The van der Waals surface area contributed by atoms with Crippen LogP contribution in [0.5, 0.6) is 11.5 Å². The first kappa shape index (κ1) is 21.0. The van der Waals surface area contributed by atoms with E-state index in [0.29, 0.717) is 10.7 Å². The number of hydrogen-bond donors (Lipinski definition) is 2. The standard InChI is InChI=1S/C22H23NO5S/c1-2-5-16-6-3-4-7-19(16)28-14-17(24)13-27-18-10-8-15(9-11-18)12-20-21(25)23-22(26)29-20/h3-4,6-12,17,24H,2,5,13-14H2,1H3,(H,23,25,26)/b20-12-. The zero-order chi connectivity index (χ0) is 20.6. The van der Waals surface area contributed by atoms with Gasteiger partial charge in [-0.2, -0.15) is 0 Å². The third-order valence-corrected chi connectivity index (χ3v) is 5.00. The summed E-state index contributed by atoms with van der Waals surface area (Å²) in [7, 11) is 0. The van der Waals surface area contributed by atoms with Crippen molar-refractivity contribution in [2.75, 3.05) is 13.2 Å². The second kappa shape index (κ2) is 10.1. The number of aliphatic hydroxyl groups excluding tert-OH is 1. The SMILES string of the molecule is CCCc1ccccc1OCC(O)COc1ccc(/C=C2\SC(=O)NC2=O)cc1. The summed E-state index contributed by atoms with van der Waals surface area (Å²) in [6.45, 7) is 2.36. The van der Waals surface area contributed by atoms with Crippen LogP contribution in [0.4, 0.5) is 4.79 Å². The lowest BCUT2D eigenvalue weighted by Crippen LogP contribution is -2.25. The monoisotopic (exact) mass is 413 g/mol. The summed E-state index contributed by atoms with van der Waals surface area (Å²) in [6, 6.07) is 14.9. The second-order valence-corrected chi connectivity index (χ2v) is 7.57. The first-order chi connectivity index (χ1) is 14.0. The van der Waals surface area contributed by atoms with E-state index in [4.69, 9.17) is 9.47 Å². The maximum absolute atomic E-state index is 11.6. The number of amides is 2. The predicted octanol–water partition coefficient (Wildman–Crippen LogP) is 3.78. The molecule has 0 aromatic heterocycles. The average molecular weight is 413 g/mol. The summed E-state index contributed by atoms with van der Waals surface area (Å²) < 4.78 is 11.4. The molecule has 152 valence electrons. The summed E-state index contributed by atoms with van der Waals surface area (Å²) >= 11 is 0.878. The molecule has 2 N–H and O–H groups in total. The number of ether oxygens (including phenoxy) is 2. The van der Waals surface area contributed by atoms with Crippen molar-refractivity contribution in [3.63, 3.8) is 0 Å². The fraction of sp³-hybridized carbons (Fsp3) is 0.273. The molecule has 1 fully saturated rings. The van der Waals surface area contributed by atoms with Crippen LogP contribution in [0.3, 0.4) is 0 Å². The zero-order valence-corrected chi connectivity index (χ0v) is 16.9. The Morgan fingerprint density at radius 3 is 2.48 bits per heavy atom. The van der Waals surface area contributed by atoms with Gasteiger partial charge in [0.05, 0.1) is 4.91 Å². The van der Waals surface area contributed by atoms with Crippen LogP contribution in [-0.4, -0.2) is 35.6 Å². The van der Waals surface area contributed by atoms with Crippen LogP contribution in [0.2, 0.25) is 0 Å². The highest BCUT2D eigenvalue weighted by Gasteiger charge is 2.24. The van der Waals surface area contributed by atoms with E-state index in [1.165, 1.54) is 0 Å². The van der Waals surface area contributed by atoms with E-state index >= 15 is 0 Å². The number of aliphatic hydroxyl groups is 1. The molecule has 29 heavy (non-hydrogen) atoms. The first-order valence-corrected chi connectivity index (χ1v) is 10.2. The van der Waals surface area contributed by atoms with Gasteiger partial charge in [-0.15, -0.1) is 0 Å². The van der Waals surface area contributed by atoms with Crippen LogP contribution in [0, 0.1) is 0 Å². The molecule has 0 spiro atoms. The van der Waals surface area contributed by atoms with Crippen molar-refractivity contribution in [3.8, 4) is 11.5 Å². The lowest BCUT2D eigenvalue weighted by atomic mass is 10.1. The fourth-order valence-corrected chi connectivity index (χ4v) is 3.46. The highest BCUT2D eigenvalue weighted by Crippen LogP contribution is 2.26. The minimum Gasteiger partial charge on any atom is -0.491 e. The molecule has 2 aromatic rings. The molecule has 3 rings (SSSR count). The van der Waals surface area contributed by atoms with Gasteiger partial charge in [0.15, 0.2) is 0 Å². The molecule has 7 heteroatoms. The third kappa shape index (κ3) is 6.10. The number of carbonyl (C=O) groups excluding carboxylic acids is 2. The van der Waals surface area contributed by atoms with E-state index in [1.807, 2.05) is 24.3 Å². The van der Waals surface area contributed by atoms with Crippen molar-refractivity contribution in [2.45, 2.75) is 25.9 Å². The Morgan fingerprint density at radius 1 is 1.07 bits per heavy atom. The molecular formula is C22H23NO5S. The molecule has 6 nitrogen and oxygen atoms in total. The van der Waals surface area contributed by atoms with Crippen LogP contribution < -0.4 is 14.8 Å². The second-order valence-electron chi connectivity index (χ2n) is 6.55. The Bertz CT molecular complexity index is 894. The molecule has 1 saturated heterocycles. The summed E-state index contributed by atoms with van der Waals surface area (Å²) in [5.74, 6) is 0.999. The van der Waals surface area contributed by atoms with E-state index in [-0.39, 0.29) is 24.4 Å². The normalized spacial score (nSPS) is 16.0. The molecule has 1 aliphatic rings. The largest absolute Gasteiger partial charge is 0.491 e. The topological polar surface area (TPSA) is 84.9 Å². The lowest BCUT2D eigenvalue weighted by molar-refractivity contribution is -0.115. The van der Waals surface area contributed by atoms with Gasteiger partial charge in [0.2, 0.25) is 0 Å². The third-order valence-electron chi connectivity index (χ3n) is 4.19. The van der Waals surface area contributed by atoms with E-state index in [2.05, 4.69) is 12.2 Å². The molecule has 0 aliphatic carbocycles. The Morgan fingerprint density at radius 2 is 1.79 bits per heavy atom. The van der Waals surface area contributed by atoms with Gasteiger partial charge in [-0.3, -0.25) is 14.9 Å². The molecule has 2 aromatic carbocycles. The molecule has 0 saturated carbocycles. The van der Waals surface area contributed by atoms with Crippen molar-refractivity contribution in [1.82, 2.24) is 5.32 Å². The quantitative estimate of drug-likeness (QED) is 0.609. The van der Waals surface area contributed by atoms with Crippen molar-refractivity contribution in [1.29, 1.82) is 0 Å². The minimum absolute atomic E-state index is 0.100. The Kier molecular flexibility index (Phi) is 7.32. The molecule has 1 unspecified atom stereocenters. The highest BCUT2D eigenvalue weighted by atomic mass is 32.2. The van der Waals surface area contributed by atoms with E-state index in [0.717, 1.165) is 41.5 Å². The molecule has 1 aliphatic heterocycles. The number of thioether (sulfide) groups is 1. The number of benzene rings is 2. The van der Waals surface area contributed by atoms with E-state index in [9.17, 15) is 14.7 Å². The Hall–Kier alpha value is -2.77. The Labute approximate surface area is 173 Å². The number of para-hydroxylation sites is 1. The van der Waals surface area contributed by atoms with Crippen molar-refractivity contribution < 1.29 is 24.2 Å². The molecule has 2 amide bonds. The zero-order valence-electron chi connectivity index (χ0n) is 16.1.